The first-order valence-corrected chi connectivity index (χ1v) is 7.76. The van der Waals surface area contributed by atoms with E-state index in [0.717, 1.165) is 17.8 Å². The summed E-state index contributed by atoms with van der Waals surface area (Å²) >= 11 is 1.89. The zero-order valence-electron chi connectivity index (χ0n) is 11.3. The minimum atomic E-state index is 0.666. The van der Waals surface area contributed by atoms with Gasteiger partial charge in [0.2, 0.25) is 0 Å². The van der Waals surface area contributed by atoms with Crippen molar-refractivity contribution in [2.75, 3.05) is 7.05 Å². The predicted molar refractivity (Wildman–Crippen MR) is 76.5 cm³/mol. The molecule has 1 N–H and O–H groups in total. The molecular formula is C15H25NS. The van der Waals surface area contributed by atoms with Crippen LogP contribution >= 0.6 is 11.3 Å². The van der Waals surface area contributed by atoms with Crippen molar-refractivity contribution in [3.63, 3.8) is 0 Å². The van der Waals surface area contributed by atoms with Crippen LogP contribution in [0.3, 0.4) is 0 Å². The van der Waals surface area contributed by atoms with Gasteiger partial charge < -0.3 is 5.32 Å². The Labute approximate surface area is 110 Å². The topological polar surface area (TPSA) is 12.0 Å². The normalized spacial score (nSPS) is 31.4. The second kappa shape index (κ2) is 6.01. The van der Waals surface area contributed by atoms with Crippen LogP contribution in [0.25, 0.3) is 0 Å². The fourth-order valence-corrected chi connectivity index (χ4v) is 4.25. The van der Waals surface area contributed by atoms with E-state index in [-0.39, 0.29) is 0 Å². The van der Waals surface area contributed by atoms with Crippen LogP contribution in [0.1, 0.15) is 38.0 Å². The molecule has 1 fully saturated rings. The lowest BCUT2D eigenvalue weighted by atomic mass is 9.73. The van der Waals surface area contributed by atoms with Crippen molar-refractivity contribution in [2.45, 2.75) is 45.6 Å². The van der Waals surface area contributed by atoms with Crippen molar-refractivity contribution in [3.05, 3.63) is 22.4 Å². The Kier molecular flexibility index (Phi) is 4.63. The predicted octanol–water partition coefficient (Wildman–Crippen LogP) is 3.95. The molecule has 1 saturated carbocycles. The van der Waals surface area contributed by atoms with Gasteiger partial charge in [0.25, 0.3) is 0 Å². The number of thiophene rings is 1. The van der Waals surface area contributed by atoms with Gasteiger partial charge >= 0.3 is 0 Å². The quantitative estimate of drug-likeness (QED) is 0.854. The molecule has 3 unspecified atom stereocenters. The maximum atomic E-state index is 3.56. The number of nitrogens with one attached hydrogen (secondary N) is 1. The zero-order valence-corrected chi connectivity index (χ0v) is 12.1. The molecule has 1 aromatic heterocycles. The number of hydrogen-bond donors (Lipinski definition) is 1. The van der Waals surface area contributed by atoms with Gasteiger partial charge in [0.1, 0.15) is 0 Å². The van der Waals surface area contributed by atoms with Gasteiger partial charge in [-0.3, -0.25) is 0 Å². The highest BCUT2D eigenvalue weighted by Gasteiger charge is 2.29. The van der Waals surface area contributed by atoms with Crippen LogP contribution in [0, 0.1) is 17.8 Å². The van der Waals surface area contributed by atoms with Crippen LogP contribution in [-0.2, 0) is 6.42 Å². The highest BCUT2D eigenvalue weighted by atomic mass is 32.1. The molecule has 17 heavy (non-hydrogen) atoms. The van der Waals surface area contributed by atoms with Gasteiger partial charge in [-0.25, -0.2) is 0 Å². The summed E-state index contributed by atoms with van der Waals surface area (Å²) < 4.78 is 0. The lowest BCUT2D eigenvalue weighted by Gasteiger charge is -2.36. The Hall–Kier alpha value is -0.340. The van der Waals surface area contributed by atoms with Crippen LogP contribution in [-0.4, -0.2) is 13.1 Å². The van der Waals surface area contributed by atoms with Crippen molar-refractivity contribution in [1.29, 1.82) is 0 Å². The summed E-state index contributed by atoms with van der Waals surface area (Å²) in [6, 6.07) is 5.10. The van der Waals surface area contributed by atoms with Crippen molar-refractivity contribution < 1.29 is 0 Å². The highest BCUT2D eigenvalue weighted by molar-refractivity contribution is 7.09. The van der Waals surface area contributed by atoms with Gasteiger partial charge in [-0.15, -0.1) is 11.3 Å². The fraction of sp³-hybridized carbons (Fsp3) is 0.733. The van der Waals surface area contributed by atoms with E-state index in [9.17, 15) is 0 Å². The molecule has 0 radical (unpaired) electrons. The van der Waals surface area contributed by atoms with Gasteiger partial charge in [0.15, 0.2) is 0 Å². The molecule has 1 nitrogen and oxygen atoms in total. The average molecular weight is 251 g/mol. The summed E-state index contributed by atoms with van der Waals surface area (Å²) in [5.74, 6) is 2.67. The molecule has 1 heterocycles. The molecule has 1 aliphatic rings. The summed E-state index contributed by atoms with van der Waals surface area (Å²) in [7, 11) is 2.13. The summed E-state index contributed by atoms with van der Waals surface area (Å²) in [6.45, 7) is 4.83. The number of rotatable bonds is 4. The summed E-state index contributed by atoms with van der Waals surface area (Å²) in [6.07, 6.45) is 5.44. The Balaban J connectivity index is 1.97. The monoisotopic (exact) mass is 251 g/mol. The first kappa shape index (κ1) is 13.1. The maximum absolute atomic E-state index is 3.56. The SMILES string of the molecule is CNC(Cc1cccs1)C1CC(C)CC(C)C1. The van der Waals surface area contributed by atoms with Gasteiger partial charge in [-0.1, -0.05) is 19.9 Å². The van der Waals surface area contributed by atoms with E-state index in [0.29, 0.717) is 6.04 Å². The molecule has 0 amide bonds. The van der Waals surface area contributed by atoms with Crippen molar-refractivity contribution in [2.24, 2.45) is 17.8 Å². The second-order valence-corrected chi connectivity index (χ2v) is 6.89. The lowest BCUT2D eigenvalue weighted by Crippen LogP contribution is -2.39. The lowest BCUT2D eigenvalue weighted by molar-refractivity contribution is 0.180. The van der Waals surface area contributed by atoms with Crippen LogP contribution in [0.5, 0.6) is 0 Å². The first-order chi connectivity index (χ1) is 8.19. The zero-order chi connectivity index (χ0) is 12.3. The third kappa shape index (κ3) is 3.56. The largest absolute Gasteiger partial charge is 0.316 e. The molecule has 0 bridgehead atoms. The fourth-order valence-electron chi connectivity index (χ4n) is 3.49. The molecule has 3 atom stereocenters. The van der Waals surface area contributed by atoms with Gasteiger partial charge in [0.05, 0.1) is 0 Å². The molecule has 96 valence electrons. The van der Waals surface area contributed by atoms with Crippen molar-refractivity contribution in [1.82, 2.24) is 5.32 Å². The standard InChI is InChI=1S/C15H25NS/c1-11-7-12(2)9-13(8-11)15(16-3)10-14-5-4-6-17-14/h4-6,11-13,15-16H,7-10H2,1-3H3. The molecular weight excluding hydrogens is 226 g/mol. The molecule has 0 aliphatic heterocycles. The van der Waals surface area contributed by atoms with Crippen LogP contribution in [0.2, 0.25) is 0 Å². The van der Waals surface area contributed by atoms with E-state index >= 15 is 0 Å². The van der Waals surface area contributed by atoms with E-state index in [1.165, 1.54) is 30.6 Å². The van der Waals surface area contributed by atoms with E-state index < -0.39 is 0 Å². The Bertz CT molecular complexity index is 310. The van der Waals surface area contributed by atoms with Crippen LogP contribution in [0.15, 0.2) is 17.5 Å². The van der Waals surface area contributed by atoms with E-state index in [1.54, 1.807) is 0 Å². The summed E-state index contributed by atoms with van der Waals surface area (Å²) in [5.41, 5.74) is 0. The molecule has 1 aromatic rings. The maximum Gasteiger partial charge on any atom is 0.0141 e. The van der Waals surface area contributed by atoms with Crippen molar-refractivity contribution >= 4 is 11.3 Å². The molecule has 1 aliphatic carbocycles. The van der Waals surface area contributed by atoms with E-state index in [1.807, 2.05) is 11.3 Å². The average Bonchev–Trinajstić information content (AvgIpc) is 2.77. The first-order valence-electron chi connectivity index (χ1n) is 6.88. The number of hydrogen-bond acceptors (Lipinski definition) is 2. The van der Waals surface area contributed by atoms with Crippen LogP contribution in [0.4, 0.5) is 0 Å². The number of likely N-dealkylation sites (N-methyl/N-ethyl adjacent to an activating group) is 1. The minimum Gasteiger partial charge on any atom is -0.316 e. The third-order valence-electron chi connectivity index (χ3n) is 4.16. The molecule has 2 heteroatoms. The molecule has 0 saturated heterocycles. The van der Waals surface area contributed by atoms with E-state index in [4.69, 9.17) is 0 Å². The van der Waals surface area contributed by atoms with Gasteiger partial charge in [0, 0.05) is 10.9 Å². The van der Waals surface area contributed by atoms with Gasteiger partial charge in [-0.2, -0.15) is 0 Å². The van der Waals surface area contributed by atoms with Gasteiger partial charge in [-0.05, 0) is 61.9 Å². The van der Waals surface area contributed by atoms with Crippen molar-refractivity contribution in [3.8, 4) is 0 Å². The molecule has 0 spiro atoms. The highest BCUT2D eigenvalue weighted by Crippen LogP contribution is 2.35. The summed E-state index contributed by atoms with van der Waals surface area (Å²) in [5, 5.41) is 5.75. The third-order valence-corrected chi connectivity index (χ3v) is 5.05. The minimum absolute atomic E-state index is 0.666. The molecule has 2 rings (SSSR count). The Morgan fingerprint density at radius 2 is 2.00 bits per heavy atom. The van der Waals surface area contributed by atoms with E-state index in [2.05, 4.69) is 43.7 Å². The van der Waals surface area contributed by atoms with Crippen LogP contribution < -0.4 is 5.32 Å². The Morgan fingerprint density at radius 3 is 2.53 bits per heavy atom. The molecule has 0 aromatic carbocycles. The smallest absolute Gasteiger partial charge is 0.0141 e. The Morgan fingerprint density at radius 1 is 1.29 bits per heavy atom. The summed E-state index contributed by atoms with van der Waals surface area (Å²) in [4.78, 5) is 1.52. The second-order valence-electron chi connectivity index (χ2n) is 5.86.